The summed E-state index contributed by atoms with van der Waals surface area (Å²) in [6, 6.07) is 11.2. The van der Waals surface area contributed by atoms with Gasteiger partial charge in [0.15, 0.2) is 5.78 Å². The predicted molar refractivity (Wildman–Crippen MR) is 95.8 cm³/mol. The maximum Gasteiger partial charge on any atom is 0.413 e. The van der Waals surface area contributed by atoms with Crippen molar-refractivity contribution in [2.45, 2.75) is 45.4 Å². The maximum absolute atomic E-state index is 12.2. The van der Waals surface area contributed by atoms with Gasteiger partial charge in [-0.1, -0.05) is 30.3 Å². The smallest absolute Gasteiger partial charge is 0.413 e. The van der Waals surface area contributed by atoms with Crippen LogP contribution in [0.3, 0.4) is 0 Å². The Balaban J connectivity index is 1.72. The molecule has 7 nitrogen and oxygen atoms in total. The van der Waals surface area contributed by atoms with Gasteiger partial charge in [-0.2, -0.15) is 5.10 Å². The van der Waals surface area contributed by atoms with E-state index in [2.05, 4.69) is 10.4 Å². The summed E-state index contributed by atoms with van der Waals surface area (Å²) in [4.78, 5) is 23.7. The van der Waals surface area contributed by atoms with Gasteiger partial charge in [-0.3, -0.25) is 10.1 Å². The summed E-state index contributed by atoms with van der Waals surface area (Å²) >= 11 is 0. The van der Waals surface area contributed by atoms with Crippen LogP contribution in [-0.4, -0.2) is 28.3 Å². The lowest BCUT2D eigenvalue weighted by Gasteiger charge is -2.22. The zero-order chi connectivity index (χ0) is 18.7. The number of benzene rings is 1. The predicted octanol–water partition coefficient (Wildman–Crippen LogP) is 3.42. The minimum Gasteiger partial charge on any atom is -0.444 e. The summed E-state index contributed by atoms with van der Waals surface area (Å²) in [6.45, 7) is 6.22. The number of carbonyl (C=O) groups is 2. The number of carbonyl (C=O) groups excluding carboxylic acids is 2. The van der Waals surface area contributed by atoms with Gasteiger partial charge in [0.25, 0.3) is 0 Å². The van der Waals surface area contributed by atoms with Gasteiger partial charge in [-0.05, 0) is 26.3 Å². The van der Waals surface area contributed by atoms with Gasteiger partial charge >= 0.3 is 6.09 Å². The Morgan fingerprint density at radius 1 is 1.35 bits per heavy atom. The minimum atomic E-state index is -0.561. The average Bonchev–Trinajstić information content (AvgIpc) is 3.20. The third-order valence-corrected chi connectivity index (χ3v) is 4.00. The summed E-state index contributed by atoms with van der Waals surface area (Å²) in [5.41, 5.74) is 1.18. The average molecular weight is 357 g/mol. The van der Waals surface area contributed by atoms with Crippen LogP contribution in [0.1, 0.15) is 44.6 Å². The van der Waals surface area contributed by atoms with Gasteiger partial charge in [0.1, 0.15) is 25.1 Å². The lowest BCUT2D eigenvalue weighted by atomic mass is 10.1. The third kappa shape index (κ3) is 4.29. The number of amides is 1. The van der Waals surface area contributed by atoms with E-state index < -0.39 is 6.09 Å². The molecule has 0 unspecified atom stereocenters. The molecule has 0 aliphatic carbocycles. The highest BCUT2D eigenvalue weighted by Gasteiger charge is 2.30. The lowest BCUT2D eigenvalue weighted by Crippen LogP contribution is -2.27. The fraction of sp³-hybridized carbons (Fsp3) is 0.421. The van der Waals surface area contributed by atoms with E-state index in [-0.39, 0.29) is 30.6 Å². The van der Waals surface area contributed by atoms with Crippen LogP contribution in [0.25, 0.3) is 0 Å². The number of ether oxygens (including phenoxy) is 2. The molecule has 0 spiro atoms. The van der Waals surface area contributed by atoms with Crippen LogP contribution < -0.4 is 5.32 Å². The summed E-state index contributed by atoms with van der Waals surface area (Å²) < 4.78 is 12.5. The van der Waals surface area contributed by atoms with Crippen molar-refractivity contribution < 1.29 is 19.1 Å². The number of hydrogen-bond acceptors (Lipinski definition) is 5. The van der Waals surface area contributed by atoms with Crippen molar-refractivity contribution >= 4 is 17.7 Å². The minimum absolute atomic E-state index is 0.0529. The molecule has 3 rings (SSSR count). The zero-order valence-electron chi connectivity index (χ0n) is 15.2. The summed E-state index contributed by atoms with van der Waals surface area (Å²) in [6.07, 6.45) is -0.625. The Morgan fingerprint density at radius 3 is 2.69 bits per heavy atom. The second kappa shape index (κ2) is 7.29. The molecule has 138 valence electrons. The molecule has 1 amide bonds. The van der Waals surface area contributed by atoms with E-state index in [1.54, 1.807) is 10.7 Å². The summed E-state index contributed by atoms with van der Waals surface area (Å²) in [7, 11) is 0. The number of anilines is 1. The molecule has 1 aliphatic rings. The van der Waals surface area contributed by atoms with Gasteiger partial charge in [-0.25, -0.2) is 9.48 Å². The zero-order valence-corrected chi connectivity index (χ0v) is 15.2. The summed E-state index contributed by atoms with van der Waals surface area (Å²) in [5.74, 6) is 0.561. The van der Waals surface area contributed by atoms with Crippen molar-refractivity contribution in [1.29, 1.82) is 0 Å². The standard InChI is InChI=1S/C19H23N3O4/c1-19(2,3)22-17(10-15(21-22)16-9-14(23)12-25-16)20-18(24)26-11-13-7-5-4-6-8-13/h4-8,10,16H,9,11-12H2,1-3H3,(H,20,24)/t16-/m0/s1. The largest absolute Gasteiger partial charge is 0.444 e. The van der Waals surface area contributed by atoms with Gasteiger partial charge in [-0.15, -0.1) is 0 Å². The summed E-state index contributed by atoms with van der Waals surface area (Å²) in [5, 5.41) is 7.28. The molecule has 1 atom stereocenters. The normalized spacial score (nSPS) is 17.3. The Morgan fingerprint density at radius 2 is 2.08 bits per heavy atom. The van der Waals surface area contributed by atoms with Gasteiger partial charge < -0.3 is 9.47 Å². The topological polar surface area (TPSA) is 82.5 Å². The molecular weight excluding hydrogens is 334 g/mol. The second-order valence-electron chi connectivity index (χ2n) is 7.27. The van der Waals surface area contributed by atoms with E-state index in [1.807, 2.05) is 51.1 Å². The second-order valence-corrected chi connectivity index (χ2v) is 7.27. The number of nitrogens with one attached hydrogen (secondary N) is 1. The Kier molecular flexibility index (Phi) is 5.08. The molecule has 0 bridgehead atoms. The van der Waals surface area contributed by atoms with Crippen LogP contribution in [0.4, 0.5) is 10.6 Å². The Labute approximate surface area is 152 Å². The molecule has 0 saturated carbocycles. The molecule has 1 aromatic carbocycles. The number of nitrogens with zero attached hydrogens (tertiary/aromatic N) is 2. The van der Waals surface area contributed by atoms with Crippen molar-refractivity contribution in [2.24, 2.45) is 0 Å². The first-order valence-corrected chi connectivity index (χ1v) is 8.54. The van der Waals surface area contributed by atoms with E-state index in [0.29, 0.717) is 17.9 Å². The lowest BCUT2D eigenvalue weighted by molar-refractivity contribution is -0.117. The molecule has 1 aromatic heterocycles. The molecule has 2 aromatic rings. The molecule has 2 heterocycles. The van der Waals surface area contributed by atoms with E-state index >= 15 is 0 Å². The van der Waals surface area contributed by atoms with E-state index in [0.717, 1.165) is 5.56 Å². The molecule has 1 N–H and O–H groups in total. The fourth-order valence-electron chi connectivity index (χ4n) is 2.73. The molecule has 1 saturated heterocycles. The number of hydrogen-bond donors (Lipinski definition) is 1. The van der Waals surface area contributed by atoms with Crippen LogP contribution in [0.15, 0.2) is 36.4 Å². The maximum atomic E-state index is 12.2. The third-order valence-electron chi connectivity index (χ3n) is 4.00. The highest BCUT2D eigenvalue weighted by molar-refractivity contribution is 5.84. The molecular formula is C19H23N3O4. The van der Waals surface area contributed by atoms with E-state index in [1.165, 1.54) is 0 Å². The first kappa shape index (κ1) is 18.1. The first-order valence-electron chi connectivity index (χ1n) is 8.54. The molecule has 0 radical (unpaired) electrons. The monoisotopic (exact) mass is 357 g/mol. The molecule has 26 heavy (non-hydrogen) atoms. The number of Topliss-reactive ketones (excluding diaryl/α,β-unsaturated/α-hetero) is 1. The number of aromatic nitrogens is 2. The number of rotatable bonds is 4. The van der Waals surface area contributed by atoms with E-state index in [4.69, 9.17) is 9.47 Å². The van der Waals surface area contributed by atoms with Gasteiger partial charge in [0.2, 0.25) is 0 Å². The molecule has 1 aliphatic heterocycles. The molecule has 7 heteroatoms. The molecule has 1 fully saturated rings. The highest BCUT2D eigenvalue weighted by Crippen LogP contribution is 2.30. The quantitative estimate of drug-likeness (QED) is 0.907. The first-order chi connectivity index (χ1) is 12.3. The van der Waals surface area contributed by atoms with Crippen molar-refractivity contribution in [2.75, 3.05) is 11.9 Å². The Bertz CT molecular complexity index is 793. The van der Waals surface area contributed by atoms with Crippen LogP contribution in [0, 0.1) is 0 Å². The Hall–Kier alpha value is -2.67. The fourth-order valence-corrected chi connectivity index (χ4v) is 2.73. The van der Waals surface area contributed by atoms with Crippen molar-refractivity contribution in [3.8, 4) is 0 Å². The van der Waals surface area contributed by atoms with Crippen molar-refractivity contribution in [1.82, 2.24) is 9.78 Å². The van der Waals surface area contributed by atoms with Crippen molar-refractivity contribution in [3.05, 3.63) is 47.7 Å². The SMILES string of the molecule is CC(C)(C)n1nc([C@@H]2CC(=O)CO2)cc1NC(=O)OCc1ccccc1. The van der Waals surface area contributed by atoms with Crippen LogP contribution >= 0.6 is 0 Å². The highest BCUT2D eigenvalue weighted by atomic mass is 16.5. The number of ketones is 1. The van der Waals surface area contributed by atoms with Crippen LogP contribution in [0.5, 0.6) is 0 Å². The van der Waals surface area contributed by atoms with Gasteiger partial charge in [0, 0.05) is 12.5 Å². The van der Waals surface area contributed by atoms with E-state index in [9.17, 15) is 9.59 Å². The van der Waals surface area contributed by atoms with Crippen LogP contribution in [-0.2, 0) is 26.4 Å². The van der Waals surface area contributed by atoms with Crippen molar-refractivity contribution in [3.63, 3.8) is 0 Å². The van der Waals surface area contributed by atoms with Gasteiger partial charge in [0.05, 0.1) is 11.2 Å². The van der Waals surface area contributed by atoms with Crippen LogP contribution in [0.2, 0.25) is 0 Å².